The van der Waals surface area contributed by atoms with E-state index >= 15 is 0 Å². The Morgan fingerprint density at radius 2 is 2.10 bits per heavy atom. The largest absolute Gasteiger partial charge is 0.495 e. The monoisotopic (exact) mass is 295 g/mol. The van der Waals surface area contributed by atoms with Crippen LogP contribution in [0.1, 0.15) is 24.6 Å². The third-order valence-electron chi connectivity index (χ3n) is 3.29. The molecule has 0 aliphatic heterocycles. The second-order valence-corrected chi connectivity index (χ2v) is 4.83. The zero-order valence-electron chi connectivity index (χ0n) is 11.2. The van der Waals surface area contributed by atoms with Crippen molar-refractivity contribution in [3.8, 4) is 5.75 Å². The highest BCUT2D eigenvalue weighted by atomic mass is 35.5. The van der Waals surface area contributed by atoms with E-state index in [9.17, 15) is 9.50 Å². The second kappa shape index (κ2) is 5.77. The number of benzene rings is 1. The van der Waals surface area contributed by atoms with Crippen molar-refractivity contribution in [3.63, 3.8) is 0 Å². The molecule has 2 aromatic rings. The van der Waals surface area contributed by atoms with Crippen LogP contribution in [0.2, 0.25) is 5.02 Å². The van der Waals surface area contributed by atoms with E-state index in [4.69, 9.17) is 16.3 Å². The first-order valence-electron chi connectivity index (χ1n) is 6.19. The van der Waals surface area contributed by atoms with Crippen molar-refractivity contribution in [2.75, 3.05) is 7.11 Å². The Labute approximate surface area is 122 Å². The Balaban J connectivity index is 2.52. The van der Waals surface area contributed by atoms with Crippen LogP contribution < -0.4 is 4.74 Å². The molecule has 0 amide bonds. The summed E-state index contributed by atoms with van der Waals surface area (Å²) < 4.78 is 18.1. The number of aliphatic hydroxyl groups is 1. The van der Waals surface area contributed by atoms with Crippen LogP contribution >= 0.6 is 11.6 Å². The van der Waals surface area contributed by atoms with Crippen LogP contribution in [-0.2, 0) is 5.60 Å². The van der Waals surface area contributed by atoms with Gasteiger partial charge < -0.3 is 9.84 Å². The van der Waals surface area contributed by atoms with Crippen molar-refractivity contribution in [1.29, 1.82) is 0 Å². The molecule has 20 heavy (non-hydrogen) atoms. The summed E-state index contributed by atoms with van der Waals surface area (Å²) in [5.74, 6) is 0.0269. The molecule has 0 saturated carbocycles. The number of ether oxygens (including phenoxy) is 1. The maximum atomic E-state index is 13.0. The molecule has 0 radical (unpaired) electrons. The number of hydrogen-bond acceptors (Lipinski definition) is 3. The van der Waals surface area contributed by atoms with Crippen LogP contribution in [-0.4, -0.2) is 17.2 Å². The summed E-state index contributed by atoms with van der Waals surface area (Å²) in [6, 6.07) is 7.77. The minimum atomic E-state index is -1.31. The molecular formula is C15H15ClFNO2. The third-order valence-corrected chi connectivity index (χ3v) is 3.60. The second-order valence-electron chi connectivity index (χ2n) is 4.42. The number of aromatic nitrogens is 1. The molecule has 1 aromatic carbocycles. The van der Waals surface area contributed by atoms with Crippen LogP contribution in [0.15, 0.2) is 36.5 Å². The van der Waals surface area contributed by atoms with E-state index in [1.54, 1.807) is 18.2 Å². The van der Waals surface area contributed by atoms with Crippen molar-refractivity contribution in [3.05, 3.63) is 58.6 Å². The van der Waals surface area contributed by atoms with Crippen LogP contribution in [0.4, 0.5) is 4.39 Å². The van der Waals surface area contributed by atoms with Crippen LogP contribution in [0.5, 0.6) is 5.75 Å². The maximum absolute atomic E-state index is 13.0. The highest BCUT2D eigenvalue weighted by molar-refractivity contribution is 6.32. The van der Waals surface area contributed by atoms with Gasteiger partial charge in [0.25, 0.3) is 0 Å². The Kier molecular flexibility index (Phi) is 4.26. The molecular weight excluding hydrogens is 281 g/mol. The van der Waals surface area contributed by atoms with E-state index in [1.165, 1.54) is 19.2 Å². The molecule has 0 fully saturated rings. The van der Waals surface area contributed by atoms with E-state index in [2.05, 4.69) is 4.98 Å². The first-order chi connectivity index (χ1) is 9.51. The normalized spacial score (nSPS) is 13.8. The molecule has 0 aliphatic carbocycles. The summed E-state index contributed by atoms with van der Waals surface area (Å²) in [4.78, 5) is 3.98. The molecule has 0 bridgehead atoms. The van der Waals surface area contributed by atoms with Crippen molar-refractivity contribution < 1.29 is 14.2 Å². The Morgan fingerprint density at radius 3 is 2.65 bits per heavy atom. The Morgan fingerprint density at radius 1 is 1.35 bits per heavy atom. The van der Waals surface area contributed by atoms with Gasteiger partial charge in [0.2, 0.25) is 0 Å². The van der Waals surface area contributed by atoms with E-state index < -0.39 is 11.4 Å². The predicted octanol–water partition coefficient (Wildman–Crippen LogP) is 3.53. The lowest BCUT2D eigenvalue weighted by Gasteiger charge is -2.27. The minimum absolute atomic E-state index is 0.380. The van der Waals surface area contributed by atoms with Crippen molar-refractivity contribution in [2.24, 2.45) is 0 Å². The summed E-state index contributed by atoms with van der Waals surface area (Å²) in [6.45, 7) is 1.83. The maximum Gasteiger partial charge on any atom is 0.141 e. The lowest BCUT2D eigenvalue weighted by molar-refractivity contribution is 0.0715. The molecule has 1 aromatic heterocycles. The SMILES string of the molecule is CCC(O)(c1ccc(Cl)c(OC)c1)c1ccc(F)cn1. The van der Waals surface area contributed by atoms with Gasteiger partial charge in [0, 0.05) is 0 Å². The van der Waals surface area contributed by atoms with E-state index in [0.717, 1.165) is 6.20 Å². The fourth-order valence-electron chi connectivity index (χ4n) is 2.07. The lowest BCUT2D eigenvalue weighted by atomic mass is 9.87. The zero-order chi connectivity index (χ0) is 14.8. The molecule has 106 valence electrons. The summed E-state index contributed by atoms with van der Waals surface area (Å²) in [7, 11) is 1.51. The molecule has 0 aliphatic rings. The number of halogens is 2. The van der Waals surface area contributed by atoms with E-state index in [-0.39, 0.29) is 0 Å². The molecule has 1 N–H and O–H groups in total. The molecule has 3 nitrogen and oxygen atoms in total. The van der Waals surface area contributed by atoms with Gasteiger partial charge in [-0.05, 0) is 36.2 Å². The van der Waals surface area contributed by atoms with Gasteiger partial charge in [-0.1, -0.05) is 24.6 Å². The Bertz CT molecular complexity index is 603. The van der Waals surface area contributed by atoms with Crippen LogP contribution in [0, 0.1) is 5.82 Å². The molecule has 0 spiro atoms. The van der Waals surface area contributed by atoms with Crippen LogP contribution in [0.25, 0.3) is 0 Å². The number of hydrogen-bond donors (Lipinski definition) is 1. The molecule has 1 unspecified atom stereocenters. The van der Waals surface area contributed by atoms with E-state index in [1.807, 2.05) is 6.92 Å². The highest BCUT2D eigenvalue weighted by Gasteiger charge is 2.31. The average molecular weight is 296 g/mol. The summed E-state index contributed by atoms with van der Waals surface area (Å²) in [5.41, 5.74) is -0.336. The van der Waals surface area contributed by atoms with Gasteiger partial charge in [0.05, 0.1) is 24.0 Å². The number of methoxy groups -OCH3 is 1. The first-order valence-corrected chi connectivity index (χ1v) is 6.57. The predicted molar refractivity (Wildman–Crippen MR) is 75.5 cm³/mol. The molecule has 1 atom stereocenters. The summed E-state index contributed by atoms with van der Waals surface area (Å²) in [5, 5.41) is 11.3. The molecule has 0 saturated heterocycles. The summed E-state index contributed by atoms with van der Waals surface area (Å²) >= 11 is 5.98. The van der Waals surface area contributed by atoms with Gasteiger partial charge in [0.15, 0.2) is 0 Å². The minimum Gasteiger partial charge on any atom is -0.495 e. The fourth-order valence-corrected chi connectivity index (χ4v) is 2.27. The number of rotatable bonds is 4. The lowest BCUT2D eigenvalue weighted by Crippen LogP contribution is -2.27. The standard InChI is InChI=1S/C15H15ClFNO2/c1-3-15(19,14-7-5-11(17)9-18-14)10-4-6-12(16)13(8-10)20-2/h4-9,19H,3H2,1-2H3. The quantitative estimate of drug-likeness (QED) is 0.938. The average Bonchev–Trinajstić information content (AvgIpc) is 2.47. The van der Waals surface area contributed by atoms with Gasteiger partial charge in [-0.15, -0.1) is 0 Å². The van der Waals surface area contributed by atoms with Gasteiger partial charge in [-0.2, -0.15) is 0 Å². The van der Waals surface area contributed by atoms with Crippen LogP contribution in [0.3, 0.4) is 0 Å². The van der Waals surface area contributed by atoms with Gasteiger partial charge in [-0.3, -0.25) is 4.98 Å². The van der Waals surface area contributed by atoms with Crippen molar-refractivity contribution in [2.45, 2.75) is 18.9 Å². The van der Waals surface area contributed by atoms with E-state index in [0.29, 0.717) is 28.5 Å². The first kappa shape index (κ1) is 14.8. The summed E-state index contributed by atoms with van der Waals surface area (Å²) in [6.07, 6.45) is 1.47. The van der Waals surface area contributed by atoms with Crippen molar-refractivity contribution >= 4 is 11.6 Å². The van der Waals surface area contributed by atoms with Crippen molar-refractivity contribution in [1.82, 2.24) is 4.98 Å². The molecule has 2 rings (SSSR count). The molecule has 5 heteroatoms. The zero-order valence-corrected chi connectivity index (χ0v) is 12.0. The topological polar surface area (TPSA) is 42.4 Å². The smallest absolute Gasteiger partial charge is 0.141 e. The number of pyridine rings is 1. The highest BCUT2D eigenvalue weighted by Crippen LogP contribution is 2.35. The Hall–Kier alpha value is -1.65. The molecule has 1 heterocycles. The van der Waals surface area contributed by atoms with Gasteiger partial charge in [0.1, 0.15) is 17.2 Å². The fraction of sp³-hybridized carbons (Fsp3) is 0.267. The third kappa shape index (κ3) is 2.62. The van der Waals surface area contributed by atoms with Gasteiger partial charge >= 0.3 is 0 Å². The van der Waals surface area contributed by atoms with Gasteiger partial charge in [-0.25, -0.2) is 4.39 Å². The number of nitrogens with zero attached hydrogens (tertiary/aromatic N) is 1.